The van der Waals surface area contributed by atoms with Crippen molar-refractivity contribution < 1.29 is 9.18 Å². The van der Waals surface area contributed by atoms with E-state index in [1.165, 1.54) is 12.1 Å². The Balaban J connectivity index is 1.55. The van der Waals surface area contributed by atoms with Gasteiger partial charge in [0, 0.05) is 18.0 Å². The molecular weight excluding hydrogens is 398 g/mol. The SMILES string of the molecule is O=C(Nc1cc(Cl)c(Cl)cc1Cl)C1CCN(Cc2ccccc2F)CC1. The van der Waals surface area contributed by atoms with Gasteiger partial charge in [-0.15, -0.1) is 0 Å². The molecule has 1 heterocycles. The van der Waals surface area contributed by atoms with Gasteiger partial charge >= 0.3 is 0 Å². The van der Waals surface area contributed by atoms with Gasteiger partial charge in [-0.1, -0.05) is 53.0 Å². The number of hydrogen-bond donors (Lipinski definition) is 1. The van der Waals surface area contributed by atoms with Crippen molar-refractivity contribution in [3.05, 3.63) is 62.8 Å². The first kappa shape index (κ1) is 19.4. The van der Waals surface area contributed by atoms with Crippen LogP contribution in [0.5, 0.6) is 0 Å². The van der Waals surface area contributed by atoms with Crippen LogP contribution in [0.1, 0.15) is 18.4 Å². The standard InChI is InChI=1S/C19H18Cl3FN2O/c20-14-9-16(22)18(10-15(14)21)24-19(26)12-5-7-25(8-6-12)11-13-3-1-2-4-17(13)23/h1-4,9-10,12H,5-8,11H2,(H,24,26). The Labute approximate surface area is 167 Å². The number of amides is 1. The van der Waals surface area contributed by atoms with Crippen molar-refractivity contribution in [1.82, 2.24) is 4.90 Å². The molecule has 1 saturated heterocycles. The number of halogens is 4. The second-order valence-electron chi connectivity index (χ2n) is 6.38. The molecule has 0 spiro atoms. The molecule has 0 radical (unpaired) electrons. The summed E-state index contributed by atoms with van der Waals surface area (Å²) in [7, 11) is 0. The Morgan fingerprint density at radius 1 is 1.08 bits per heavy atom. The zero-order chi connectivity index (χ0) is 18.7. The predicted octanol–water partition coefficient (Wildman–Crippen LogP) is 5.64. The minimum absolute atomic E-state index is 0.0872. The highest BCUT2D eigenvalue weighted by atomic mass is 35.5. The van der Waals surface area contributed by atoms with Crippen molar-refractivity contribution in [2.45, 2.75) is 19.4 Å². The lowest BCUT2D eigenvalue weighted by Gasteiger charge is -2.31. The number of likely N-dealkylation sites (tertiary alicyclic amines) is 1. The van der Waals surface area contributed by atoms with Crippen molar-refractivity contribution in [1.29, 1.82) is 0 Å². The van der Waals surface area contributed by atoms with E-state index in [1.54, 1.807) is 18.2 Å². The molecule has 0 aliphatic carbocycles. The van der Waals surface area contributed by atoms with Gasteiger partial charge in [-0.2, -0.15) is 0 Å². The quantitative estimate of drug-likeness (QED) is 0.656. The number of hydrogen-bond acceptors (Lipinski definition) is 2. The summed E-state index contributed by atoms with van der Waals surface area (Å²) in [4.78, 5) is 14.7. The van der Waals surface area contributed by atoms with Gasteiger partial charge in [0.1, 0.15) is 5.82 Å². The first-order valence-electron chi connectivity index (χ1n) is 8.35. The van der Waals surface area contributed by atoms with Gasteiger partial charge in [0.25, 0.3) is 0 Å². The number of nitrogens with zero attached hydrogens (tertiary/aromatic N) is 1. The average Bonchev–Trinajstić information content (AvgIpc) is 2.62. The van der Waals surface area contributed by atoms with E-state index in [1.807, 2.05) is 6.07 Å². The topological polar surface area (TPSA) is 32.3 Å². The number of carbonyl (C=O) groups excluding carboxylic acids is 1. The van der Waals surface area contributed by atoms with Gasteiger partial charge in [-0.05, 0) is 44.1 Å². The van der Waals surface area contributed by atoms with Crippen molar-refractivity contribution in [2.24, 2.45) is 5.92 Å². The second-order valence-corrected chi connectivity index (χ2v) is 7.60. The third-order valence-corrected chi connectivity index (χ3v) is 5.61. The first-order valence-corrected chi connectivity index (χ1v) is 9.48. The Hall–Kier alpha value is -1.33. The van der Waals surface area contributed by atoms with Gasteiger partial charge in [0.05, 0.1) is 20.8 Å². The maximum atomic E-state index is 13.8. The molecule has 0 bridgehead atoms. The van der Waals surface area contributed by atoms with E-state index in [0.717, 1.165) is 13.1 Å². The summed E-state index contributed by atoms with van der Waals surface area (Å²) in [5.41, 5.74) is 1.14. The van der Waals surface area contributed by atoms with Crippen LogP contribution < -0.4 is 5.32 Å². The Kier molecular flexibility index (Phi) is 6.41. The van der Waals surface area contributed by atoms with Crippen LogP contribution in [-0.4, -0.2) is 23.9 Å². The largest absolute Gasteiger partial charge is 0.324 e. The number of benzene rings is 2. The summed E-state index contributed by atoms with van der Waals surface area (Å²) in [6.45, 7) is 2.03. The van der Waals surface area contributed by atoms with Crippen molar-refractivity contribution in [3.63, 3.8) is 0 Å². The fourth-order valence-corrected chi connectivity index (χ4v) is 3.67. The highest BCUT2D eigenvalue weighted by Crippen LogP contribution is 2.33. The molecule has 0 aromatic heterocycles. The summed E-state index contributed by atoms with van der Waals surface area (Å²) in [5.74, 6) is -0.394. The van der Waals surface area contributed by atoms with Gasteiger partial charge in [-0.3, -0.25) is 9.69 Å². The van der Waals surface area contributed by atoms with E-state index in [2.05, 4.69) is 10.2 Å². The number of carbonyl (C=O) groups is 1. The van der Waals surface area contributed by atoms with Crippen LogP contribution >= 0.6 is 34.8 Å². The lowest BCUT2D eigenvalue weighted by Crippen LogP contribution is -2.38. The minimum atomic E-state index is -0.193. The fourth-order valence-electron chi connectivity index (χ4n) is 3.07. The van der Waals surface area contributed by atoms with Gasteiger partial charge in [0.15, 0.2) is 0 Å². The van der Waals surface area contributed by atoms with Gasteiger partial charge in [-0.25, -0.2) is 4.39 Å². The molecule has 1 aliphatic heterocycles. The van der Waals surface area contributed by atoms with Crippen molar-refractivity contribution >= 4 is 46.4 Å². The van der Waals surface area contributed by atoms with Crippen molar-refractivity contribution in [2.75, 3.05) is 18.4 Å². The summed E-state index contributed by atoms with van der Waals surface area (Å²) < 4.78 is 13.8. The maximum absolute atomic E-state index is 13.8. The summed E-state index contributed by atoms with van der Waals surface area (Å²) in [6.07, 6.45) is 1.42. The summed E-state index contributed by atoms with van der Waals surface area (Å²) in [6, 6.07) is 9.84. The molecular formula is C19H18Cl3FN2O. The van der Waals surface area contributed by atoms with E-state index >= 15 is 0 Å². The van der Waals surface area contributed by atoms with Crippen LogP contribution in [0.15, 0.2) is 36.4 Å². The molecule has 1 aliphatic rings. The van der Waals surface area contributed by atoms with E-state index < -0.39 is 0 Å². The molecule has 1 fully saturated rings. The normalized spacial score (nSPS) is 15.8. The van der Waals surface area contributed by atoms with E-state index in [0.29, 0.717) is 45.7 Å². The smallest absolute Gasteiger partial charge is 0.227 e. The van der Waals surface area contributed by atoms with Crippen LogP contribution in [0, 0.1) is 11.7 Å². The van der Waals surface area contributed by atoms with E-state index in [4.69, 9.17) is 34.8 Å². The van der Waals surface area contributed by atoms with Crippen LogP contribution in [-0.2, 0) is 11.3 Å². The van der Waals surface area contributed by atoms with Crippen LogP contribution in [0.3, 0.4) is 0 Å². The highest BCUT2D eigenvalue weighted by Gasteiger charge is 2.26. The zero-order valence-corrected chi connectivity index (χ0v) is 16.2. The third-order valence-electron chi connectivity index (χ3n) is 4.58. The third kappa shape index (κ3) is 4.68. The first-order chi connectivity index (χ1) is 12.4. The molecule has 2 aromatic rings. The maximum Gasteiger partial charge on any atom is 0.227 e. The Morgan fingerprint density at radius 3 is 2.42 bits per heavy atom. The van der Waals surface area contributed by atoms with Crippen LogP contribution in [0.4, 0.5) is 10.1 Å². The van der Waals surface area contributed by atoms with Crippen molar-refractivity contribution in [3.8, 4) is 0 Å². The molecule has 2 aromatic carbocycles. The molecule has 0 saturated carbocycles. The molecule has 1 N–H and O–H groups in total. The lowest BCUT2D eigenvalue weighted by atomic mass is 9.95. The number of piperidine rings is 1. The minimum Gasteiger partial charge on any atom is -0.324 e. The Morgan fingerprint density at radius 2 is 1.73 bits per heavy atom. The lowest BCUT2D eigenvalue weighted by molar-refractivity contribution is -0.121. The van der Waals surface area contributed by atoms with E-state index in [-0.39, 0.29) is 17.6 Å². The van der Waals surface area contributed by atoms with Crippen LogP contribution in [0.2, 0.25) is 15.1 Å². The molecule has 1 amide bonds. The molecule has 3 nitrogen and oxygen atoms in total. The number of rotatable bonds is 4. The average molecular weight is 416 g/mol. The van der Waals surface area contributed by atoms with Gasteiger partial charge in [0.2, 0.25) is 5.91 Å². The molecule has 7 heteroatoms. The van der Waals surface area contributed by atoms with E-state index in [9.17, 15) is 9.18 Å². The fraction of sp³-hybridized carbons (Fsp3) is 0.316. The number of nitrogens with one attached hydrogen (secondary N) is 1. The monoisotopic (exact) mass is 414 g/mol. The Bertz CT molecular complexity index is 807. The number of anilines is 1. The second kappa shape index (κ2) is 8.57. The van der Waals surface area contributed by atoms with Crippen LogP contribution in [0.25, 0.3) is 0 Å². The van der Waals surface area contributed by atoms with Gasteiger partial charge < -0.3 is 5.32 Å². The molecule has 0 unspecified atom stereocenters. The predicted molar refractivity (Wildman–Crippen MR) is 105 cm³/mol. The molecule has 26 heavy (non-hydrogen) atoms. The molecule has 3 rings (SSSR count). The summed E-state index contributed by atoms with van der Waals surface area (Å²) >= 11 is 18.0. The molecule has 0 atom stereocenters. The molecule has 138 valence electrons. The zero-order valence-electron chi connectivity index (χ0n) is 13.9. The summed E-state index contributed by atoms with van der Waals surface area (Å²) in [5, 5.41) is 3.86. The highest BCUT2D eigenvalue weighted by molar-refractivity contribution is 6.44.